The fraction of sp³-hybridized carbons (Fsp3) is 0.767. The van der Waals surface area contributed by atoms with Crippen LogP contribution in [-0.2, 0) is 38.1 Å². The second-order valence-electron chi connectivity index (χ2n) is 18.2. The normalized spacial score (nSPS) is 33.9. The molecule has 6 aliphatic carbocycles. The van der Waals surface area contributed by atoms with Crippen LogP contribution in [-0.4, -0.2) is 53.4 Å². The molecule has 1 aromatic carbocycles. The van der Waals surface area contributed by atoms with Gasteiger partial charge in [-0.3, -0.25) is 14.4 Å². The smallest absolute Gasteiger partial charge is 0.344 e. The standard InChI is InChI=1S/C19H30O4.C14H20O4.C10H14O/c1-5-18(2,3)17(21)22-11-16(20)23-19(4)14-7-12-6-13(9-14)10-15(19)8-12;1-4-14(2,3)13(16)18-10-7-5-8-9(6-7)12(15)17-11(8)10;1-3-8(2)9-4-6-10(11)7-5-9/h12-15H,5-11H2,1-4H3;7-11H,4-6H2,1-3H3;4-8,11H,3H2,1-2H3. The Morgan fingerprint density at radius 2 is 1.42 bits per heavy atom. The molecule has 0 radical (unpaired) electrons. The summed E-state index contributed by atoms with van der Waals surface area (Å²) >= 11 is 0. The lowest BCUT2D eigenvalue weighted by atomic mass is 9.50. The van der Waals surface area contributed by atoms with Crippen molar-refractivity contribution in [3.63, 3.8) is 0 Å². The number of ether oxygens (including phenoxy) is 4. The van der Waals surface area contributed by atoms with Crippen molar-refractivity contribution in [1.29, 1.82) is 0 Å². The lowest BCUT2D eigenvalue weighted by Gasteiger charge is -2.59. The van der Waals surface area contributed by atoms with Crippen LogP contribution in [0.1, 0.15) is 138 Å². The monoisotopic (exact) mass is 724 g/mol. The number of esters is 4. The minimum atomic E-state index is -0.549. The number of hydrogen-bond donors (Lipinski definition) is 1. The van der Waals surface area contributed by atoms with Crippen LogP contribution < -0.4 is 0 Å². The summed E-state index contributed by atoms with van der Waals surface area (Å²) in [5.41, 5.74) is -0.0568. The van der Waals surface area contributed by atoms with Crippen molar-refractivity contribution >= 4 is 23.9 Å². The first kappa shape index (κ1) is 40.1. The van der Waals surface area contributed by atoms with Gasteiger partial charge in [0.05, 0.1) is 16.7 Å². The van der Waals surface area contributed by atoms with E-state index in [0.29, 0.717) is 41.8 Å². The average Bonchev–Trinajstić information content (AvgIpc) is 3.75. The van der Waals surface area contributed by atoms with Gasteiger partial charge in [0.1, 0.15) is 23.6 Å². The van der Waals surface area contributed by atoms with Crippen LogP contribution in [0.25, 0.3) is 0 Å². The highest BCUT2D eigenvalue weighted by Gasteiger charge is 2.63. The Hall–Kier alpha value is -3.10. The lowest BCUT2D eigenvalue weighted by molar-refractivity contribution is -0.208. The topological polar surface area (TPSA) is 125 Å². The van der Waals surface area contributed by atoms with E-state index in [4.69, 9.17) is 24.1 Å². The highest BCUT2D eigenvalue weighted by molar-refractivity contribution is 5.80. The van der Waals surface area contributed by atoms with Gasteiger partial charge in [0.2, 0.25) is 0 Å². The quantitative estimate of drug-likeness (QED) is 0.187. The van der Waals surface area contributed by atoms with E-state index >= 15 is 0 Å². The number of hydrogen-bond acceptors (Lipinski definition) is 9. The summed E-state index contributed by atoms with van der Waals surface area (Å²) in [6.45, 7) is 17.6. The molecule has 1 aromatic rings. The predicted octanol–water partition coefficient (Wildman–Crippen LogP) is 8.55. The van der Waals surface area contributed by atoms with Crippen molar-refractivity contribution in [3.05, 3.63) is 29.8 Å². The zero-order valence-corrected chi connectivity index (χ0v) is 33.1. The van der Waals surface area contributed by atoms with E-state index in [1.807, 2.05) is 53.7 Å². The van der Waals surface area contributed by atoms with Crippen molar-refractivity contribution in [2.24, 2.45) is 52.3 Å². The predicted molar refractivity (Wildman–Crippen MR) is 197 cm³/mol. The van der Waals surface area contributed by atoms with Gasteiger partial charge in [0.15, 0.2) is 6.61 Å². The summed E-state index contributed by atoms with van der Waals surface area (Å²) in [7, 11) is 0. The molecule has 0 spiro atoms. The largest absolute Gasteiger partial charge is 0.508 e. The van der Waals surface area contributed by atoms with Crippen LogP contribution in [0.15, 0.2) is 24.3 Å². The van der Waals surface area contributed by atoms with E-state index in [1.165, 1.54) is 37.7 Å². The van der Waals surface area contributed by atoms with Crippen LogP contribution >= 0.6 is 0 Å². The van der Waals surface area contributed by atoms with Crippen LogP contribution in [0.5, 0.6) is 5.75 Å². The summed E-state index contributed by atoms with van der Waals surface area (Å²) < 4.78 is 22.1. The van der Waals surface area contributed by atoms with Gasteiger partial charge >= 0.3 is 23.9 Å². The second kappa shape index (κ2) is 15.7. The SMILES string of the molecule is CCC(C)(C)C(=O)OC1C2CC3C(=O)OC1C3C2.CCC(C)(C)C(=O)OCC(=O)OC1(C)C2CC3CC(C2)CC1C3.CCC(C)c1ccc(O)cc1. The third kappa shape index (κ3) is 8.33. The maximum absolute atomic E-state index is 12.3. The summed E-state index contributed by atoms with van der Waals surface area (Å²) in [5.74, 6) is 3.34. The molecule has 6 saturated carbocycles. The van der Waals surface area contributed by atoms with Gasteiger partial charge in [0, 0.05) is 11.8 Å². The van der Waals surface area contributed by atoms with E-state index in [9.17, 15) is 19.2 Å². The molecule has 6 unspecified atom stereocenters. The molecule has 7 aliphatic rings. The molecule has 9 heteroatoms. The van der Waals surface area contributed by atoms with Gasteiger partial charge in [-0.2, -0.15) is 0 Å². The van der Waals surface area contributed by atoms with Gasteiger partial charge in [-0.1, -0.05) is 39.8 Å². The van der Waals surface area contributed by atoms with Crippen molar-refractivity contribution in [3.8, 4) is 5.75 Å². The Balaban J connectivity index is 0.000000160. The first-order valence-corrected chi connectivity index (χ1v) is 20.0. The van der Waals surface area contributed by atoms with Crippen molar-refractivity contribution < 1.29 is 43.2 Å². The Morgan fingerprint density at radius 1 is 0.865 bits per heavy atom. The molecule has 0 amide bonds. The molecule has 290 valence electrons. The molecule has 6 bridgehead atoms. The maximum Gasteiger partial charge on any atom is 0.344 e. The Labute approximate surface area is 311 Å². The van der Waals surface area contributed by atoms with Gasteiger partial charge < -0.3 is 24.1 Å². The number of benzene rings is 1. The Bertz CT molecular complexity index is 1420. The number of phenolic OH excluding ortho intramolecular Hbond substituents is 1. The summed E-state index contributed by atoms with van der Waals surface area (Å²) in [6, 6.07) is 7.43. The number of aromatic hydroxyl groups is 1. The third-order valence-electron chi connectivity index (χ3n) is 14.0. The Kier molecular flexibility index (Phi) is 12.1. The third-order valence-corrected chi connectivity index (χ3v) is 14.0. The molecule has 0 aromatic heterocycles. The molecule has 1 saturated heterocycles. The number of carbonyl (C=O) groups excluding carboxylic acids is 4. The molecular formula is C43H64O9. The number of fused-ring (bicyclic) bond motifs is 1. The Morgan fingerprint density at radius 3 is 1.96 bits per heavy atom. The number of carbonyl (C=O) groups is 4. The first-order valence-electron chi connectivity index (χ1n) is 20.0. The molecule has 1 aliphatic heterocycles. The van der Waals surface area contributed by atoms with Crippen molar-refractivity contribution in [2.75, 3.05) is 6.61 Å². The molecule has 8 rings (SSSR count). The van der Waals surface area contributed by atoms with Crippen LogP contribution in [0.2, 0.25) is 0 Å². The molecule has 6 atom stereocenters. The zero-order valence-electron chi connectivity index (χ0n) is 33.1. The number of rotatable bonds is 10. The van der Waals surface area contributed by atoms with Gasteiger partial charge in [-0.15, -0.1) is 0 Å². The van der Waals surface area contributed by atoms with E-state index in [2.05, 4.69) is 20.8 Å². The highest BCUT2D eigenvalue weighted by Crippen LogP contribution is 2.59. The average molecular weight is 725 g/mol. The van der Waals surface area contributed by atoms with Crippen LogP contribution in [0, 0.1) is 52.3 Å². The van der Waals surface area contributed by atoms with Gasteiger partial charge in [-0.25, -0.2) is 4.79 Å². The van der Waals surface area contributed by atoms with Crippen LogP contribution in [0.3, 0.4) is 0 Å². The van der Waals surface area contributed by atoms with Crippen molar-refractivity contribution in [2.45, 2.75) is 150 Å². The molecular weight excluding hydrogens is 660 g/mol. The number of phenols is 1. The van der Waals surface area contributed by atoms with E-state index < -0.39 is 10.8 Å². The molecule has 1 heterocycles. The summed E-state index contributed by atoms with van der Waals surface area (Å²) in [6.07, 6.45) is 10.2. The zero-order chi connectivity index (χ0) is 38.2. The highest BCUT2D eigenvalue weighted by atomic mass is 16.6. The molecule has 9 nitrogen and oxygen atoms in total. The maximum atomic E-state index is 12.3. The molecule has 7 fully saturated rings. The van der Waals surface area contributed by atoms with E-state index in [-0.39, 0.29) is 54.2 Å². The minimum absolute atomic E-state index is 0.0779. The second-order valence-corrected chi connectivity index (χ2v) is 18.2. The molecule has 1 N–H and O–H groups in total. The van der Waals surface area contributed by atoms with Crippen LogP contribution in [0.4, 0.5) is 0 Å². The summed E-state index contributed by atoms with van der Waals surface area (Å²) in [4.78, 5) is 48.0. The van der Waals surface area contributed by atoms with E-state index in [0.717, 1.165) is 37.5 Å². The summed E-state index contributed by atoms with van der Waals surface area (Å²) in [5, 5.41) is 9.01. The fourth-order valence-electron chi connectivity index (χ4n) is 9.56. The lowest BCUT2D eigenvalue weighted by Crippen LogP contribution is -2.58. The fourth-order valence-corrected chi connectivity index (χ4v) is 9.56. The minimum Gasteiger partial charge on any atom is -0.508 e. The molecule has 52 heavy (non-hydrogen) atoms. The first-order chi connectivity index (χ1) is 24.4. The van der Waals surface area contributed by atoms with Gasteiger partial charge in [0.25, 0.3) is 0 Å². The van der Waals surface area contributed by atoms with E-state index in [1.54, 1.807) is 12.1 Å². The van der Waals surface area contributed by atoms with Crippen molar-refractivity contribution in [1.82, 2.24) is 0 Å². The van der Waals surface area contributed by atoms with Gasteiger partial charge in [-0.05, 0) is 146 Å².